The van der Waals surface area contributed by atoms with E-state index in [1.165, 1.54) is 26.4 Å². The SMILES string of the molecule is COC(=O)c1ccc(Cl)nc1NC1CCCCC1. The highest BCUT2D eigenvalue weighted by atomic mass is 35.5. The fourth-order valence-electron chi connectivity index (χ4n) is 2.26. The van der Waals surface area contributed by atoms with Crippen molar-refractivity contribution in [3.63, 3.8) is 0 Å². The van der Waals surface area contributed by atoms with Crippen LogP contribution < -0.4 is 5.32 Å². The van der Waals surface area contributed by atoms with Gasteiger partial charge in [0.1, 0.15) is 16.5 Å². The van der Waals surface area contributed by atoms with E-state index in [2.05, 4.69) is 10.3 Å². The zero-order valence-corrected chi connectivity index (χ0v) is 11.2. The van der Waals surface area contributed by atoms with Crippen molar-refractivity contribution in [1.82, 2.24) is 4.98 Å². The van der Waals surface area contributed by atoms with E-state index in [4.69, 9.17) is 16.3 Å². The number of halogens is 1. The zero-order chi connectivity index (χ0) is 13.0. The third-order valence-corrected chi connectivity index (χ3v) is 3.42. The lowest BCUT2D eigenvalue weighted by molar-refractivity contribution is 0.0601. The monoisotopic (exact) mass is 268 g/mol. The Balaban J connectivity index is 2.18. The average molecular weight is 269 g/mol. The molecule has 1 aromatic rings. The second kappa shape index (κ2) is 6.05. The van der Waals surface area contributed by atoms with E-state index >= 15 is 0 Å². The predicted octanol–water partition coefficient (Wildman–Crippen LogP) is 3.27. The van der Waals surface area contributed by atoms with Crippen LogP contribution >= 0.6 is 11.6 Å². The van der Waals surface area contributed by atoms with Crippen molar-refractivity contribution in [2.24, 2.45) is 0 Å². The second-order valence-electron chi connectivity index (χ2n) is 4.50. The quantitative estimate of drug-likeness (QED) is 0.675. The van der Waals surface area contributed by atoms with E-state index in [1.807, 2.05) is 0 Å². The maximum atomic E-state index is 11.6. The van der Waals surface area contributed by atoms with E-state index in [1.54, 1.807) is 12.1 Å². The summed E-state index contributed by atoms with van der Waals surface area (Å²) in [6.45, 7) is 0. The molecule has 98 valence electrons. The van der Waals surface area contributed by atoms with Crippen LogP contribution in [0.5, 0.6) is 0 Å². The van der Waals surface area contributed by atoms with Gasteiger partial charge in [0.25, 0.3) is 0 Å². The van der Waals surface area contributed by atoms with Crippen molar-refractivity contribution in [2.45, 2.75) is 38.1 Å². The van der Waals surface area contributed by atoms with Gasteiger partial charge in [0.2, 0.25) is 0 Å². The molecule has 1 saturated carbocycles. The van der Waals surface area contributed by atoms with Gasteiger partial charge in [-0.1, -0.05) is 30.9 Å². The van der Waals surface area contributed by atoms with E-state index in [-0.39, 0.29) is 0 Å². The number of methoxy groups -OCH3 is 1. The number of rotatable bonds is 3. The maximum Gasteiger partial charge on any atom is 0.341 e. The molecule has 0 aromatic carbocycles. The van der Waals surface area contributed by atoms with Crippen LogP contribution in [0.3, 0.4) is 0 Å². The highest BCUT2D eigenvalue weighted by molar-refractivity contribution is 6.29. The molecule has 1 heterocycles. The van der Waals surface area contributed by atoms with Crippen LogP contribution in [0.25, 0.3) is 0 Å². The molecule has 1 N–H and O–H groups in total. The normalized spacial score (nSPS) is 16.3. The Morgan fingerprint density at radius 2 is 2.11 bits per heavy atom. The molecule has 0 amide bonds. The molecule has 0 unspecified atom stereocenters. The van der Waals surface area contributed by atoms with Gasteiger partial charge < -0.3 is 10.1 Å². The lowest BCUT2D eigenvalue weighted by Crippen LogP contribution is -2.24. The van der Waals surface area contributed by atoms with Crippen LogP contribution in [-0.4, -0.2) is 24.1 Å². The molecule has 0 atom stereocenters. The summed E-state index contributed by atoms with van der Waals surface area (Å²) in [5.41, 5.74) is 0.437. The van der Waals surface area contributed by atoms with Crippen molar-refractivity contribution in [1.29, 1.82) is 0 Å². The predicted molar refractivity (Wildman–Crippen MR) is 71.1 cm³/mol. The molecule has 0 saturated heterocycles. The smallest absolute Gasteiger partial charge is 0.341 e. The fourth-order valence-corrected chi connectivity index (χ4v) is 2.41. The van der Waals surface area contributed by atoms with Gasteiger partial charge in [0.05, 0.1) is 7.11 Å². The zero-order valence-electron chi connectivity index (χ0n) is 10.4. The minimum atomic E-state index is -0.391. The highest BCUT2D eigenvalue weighted by Crippen LogP contribution is 2.24. The molecule has 5 heteroatoms. The number of anilines is 1. The van der Waals surface area contributed by atoms with Crippen LogP contribution in [0, 0.1) is 0 Å². The molecule has 1 aliphatic carbocycles. The number of nitrogens with one attached hydrogen (secondary N) is 1. The summed E-state index contributed by atoms with van der Waals surface area (Å²) < 4.78 is 4.74. The first-order chi connectivity index (χ1) is 8.70. The molecule has 2 rings (SSSR count). The maximum absolute atomic E-state index is 11.6. The summed E-state index contributed by atoms with van der Waals surface area (Å²) in [6, 6.07) is 3.61. The Bertz CT molecular complexity index is 431. The van der Waals surface area contributed by atoms with Crippen LogP contribution in [0.2, 0.25) is 5.15 Å². The van der Waals surface area contributed by atoms with Gasteiger partial charge >= 0.3 is 5.97 Å². The van der Waals surface area contributed by atoms with Gasteiger partial charge in [-0.15, -0.1) is 0 Å². The molecule has 0 radical (unpaired) electrons. The summed E-state index contributed by atoms with van der Waals surface area (Å²) >= 11 is 5.88. The van der Waals surface area contributed by atoms with Gasteiger partial charge in [0.15, 0.2) is 0 Å². The van der Waals surface area contributed by atoms with Gasteiger partial charge in [-0.2, -0.15) is 0 Å². The van der Waals surface area contributed by atoms with E-state index in [0.717, 1.165) is 12.8 Å². The number of carbonyl (C=O) groups excluding carboxylic acids is 1. The number of hydrogen-bond donors (Lipinski definition) is 1. The van der Waals surface area contributed by atoms with Crippen molar-refractivity contribution >= 4 is 23.4 Å². The Morgan fingerprint density at radius 3 is 2.78 bits per heavy atom. The number of ether oxygens (including phenoxy) is 1. The fraction of sp³-hybridized carbons (Fsp3) is 0.538. The van der Waals surface area contributed by atoms with E-state index < -0.39 is 5.97 Å². The lowest BCUT2D eigenvalue weighted by Gasteiger charge is -2.24. The van der Waals surface area contributed by atoms with Crippen LogP contribution in [-0.2, 0) is 4.74 Å². The summed E-state index contributed by atoms with van der Waals surface area (Å²) in [6.07, 6.45) is 5.92. The molecule has 1 fully saturated rings. The van der Waals surface area contributed by atoms with E-state index in [9.17, 15) is 4.79 Å². The highest BCUT2D eigenvalue weighted by Gasteiger charge is 2.18. The molecule has 18 heavy (non-hydrogen) atoms. The summed E-state index contributed by atoms with van der Waals surface area (Å²) in [5, 5.41) is 3.69. The second-order valence-corrected chi connectivity index (χ2v) is 4.89. The Hall–Kier alpha value is -1.29. The Kier molecular flexibility index (Phi) is 4.42. The number of aromatic nitrogens is 1. The molecule has 0 aliphatic heterocycles. The molecule has 4 nitrogen and oxygen atoms in total. The first-order valence-electron chi connectivity index (χ1n) is 6.22. The summed E-state index contributed by atoms with van der Waals surface area (Å²) in [4.78, 5) is 15.8. The third kappa shape index (κ3) is 3.13. The average Bonchev–Trinajstić information content (AvgIpc) is 2.39. The van der Waals surface area contributed by atoms with Gasteiger partial charge in [-0.3, -0.25) is 0 Å². The van der Waals surface area contributed by atoms with Crippen LogP contribution in [0.1, 0.15) is 42.5 Å². The number of carbonyl (C=O) groups is 1. The number of nitrogens with zero attached hydrogens (tertiary/aromatic N) is 1. The Labute approximate surface area is 112 Å². The molecule has 0 bridgehead atoms. The number of esters is 1. The number of hydrogen-bond acceptors (Lipinski definition) is 4. The van der Waals surface area contributed by atoms with Crippen molar-refractivity contribution in [2.75, 3.05) is 12.4 Å². The molecule has 1 aromatic heterocycles. The van der Waals surface area contributed by atoms with Crippen molar-refractivity contribution < 1.29 is 9.53 Å². The Morgan fingerprint density at radius 1 is 1.39 bits per heavy atom. The summed E-state index contributed by atoms with van der Waals surface area (Å²) in [5.74, 6) is 0.138. The minimum absolute atomic E-state index is 0.369. The number of pyridine rings is 1. The standard InChI is InChI=1S/C13H17ClN2O2/c1-18-13(17)10-7-8-11(14)16-12(10)15-9-5-3-2-4-6-9/h7-9H,2-6H2,1H3,(H,15,16). The molecule has 1 aliphatic rings. The minimum Gasteiger partial charge on any atom is -0.465 e. The molecular weight excluding hydrogens is 252 g/mol. The first kappa shape index (κ1) is 13.1. The first-order valence-corrected chi connectivity index (χ1v) is 6.60. The van der Waals surface area contributed by atoms with E-state index in [0.29, 0.717) is 22.6 Å². The van der Waals surface area contributed by atoms with Crippen molar-refractivity contribution in [3.8, 4) is 0 Å². The largest absolute Gasteiger partial charge is 0.465 e. The third-order valence-electron chi connectivity index (χ3n) is 3.21. The van der Waals surface area contributed by atoms with Crippen LogP contribution in [0.15, 0.2) is 12.1 Å². The van der Waals surface area contributed by atoms with Crippen LogP contribution in [0.4, 0.5) is 5.82 Å². The molecule has 0 spiro atoms. The van der Waals surface area contributed by atoms with Gasteiger partial charge in [-0.05, 0) is 25.0 Å². The summed E-state index contributed by atoms with van der Waals surface area (Å²) in [7, 11) is 1.36. The van der Waals surface area contributed by atoms with Crippen molar-refractivity contribution in [3.05, 3.63) is 22.8 Å². The molecular formula is C13H17ClN2O2. The topological polar surface area (TPSA) is 51.2 Å². The van der Waals surface area contributed by atoms with Gasteiger partial charge in [0, 0.05) is 6.04 Å². The van der Waals surface area contributed by atoms with Gasteiger partial charge in [-0.25, -0.2) is 9.78 Å². The lowest BCUT2D eigenvalue weighted by atomic mass is 9.95.